The van der Waals surface area contributed by atoms with Crippen LogP contribution in [0, 0.1) is 0 Å². The van der Waals surface area contributed by atoms with E-state index in [1.807, 2.05) is 54.8 Å². The second kappa shape index (κ2) is 7.19. The van der Waals surface area contributed by atoms with Crippen LogP contribution >= 0.6 is 11.8 Å². The zero-order chi connectivity index (χ0) is 16.9. The highest BCUT2D eigenvalue weighted by molar-refractivity contribution is 7.98. The van der Waals surface area contributed by atoms with Crippen molar-refractivity contribution in [3.63, 3.8) is 0 Å². The van der Waals surface area contributed by atoms with E-state index in [4.69, 9.17) is 5.73 Å². The van der Waals surface area contributed by atoms with Gasteiger partial charge >= 0.3 is 0 Å². The molecule has 24 heavy (non-hydrogen) atoms. The van der Waals surface area contributed by atoms with Crippen LogP contribution in [0.2, 0.25) is 0 Å². The van der Waals surface area contributed by atoms with E-state index < -0.39 is 0 Å². The van der Waals surface area contributed by atoms with Crippen LogP contribution in [-0.2, 0) is 0 Å². The summed E-state index contributed by atoms with van der Waals surface area (Å²) < 4.78 is 0. The summed E-state index contributed by atoms with van der Waals surface area (Å²) in [6.45, 7) is 0. The van der Waals surface area contributed by atoms with Gasteiger partial charge in [-0.1, -0.05) is 12.1 Å². The van der Waals surface area contributed by atoms with Crippen molar-refractivity contribution in [2.75, 3.05) is 17.3 Å². The number of benzene rings is 2. The fourth-order valence-electron chi connectivity index (χ4n) is 2.31. The molecule has 3 aromatic rings. The zero-order valence-electron chi connectivity index (χ0n) is 13.2. The first kappa shape index (κ1) is 16.1. The average Bonchev–Trinajstić information content (AvgIpc) is 2.64. The van der Waals surface area contributed by atoms with Crippen LogP contribution in [0.4, 0.5) is 11.4 Å². The van der Waals surface area contributed by atoms with E-state index in [9.17, 15) is 4.79 Å². The van der Waals surface area contributed by atoms with Crippen LogP contribution in [0.5, 0.6) is 0 Å². The fraction of sp³-hybridized carbons (Fsp3) is 0.0526. The van der Waals surface area contributed by atoms with Gasteiger partial charge < -0.3 is 11.1 Å². The van der Waals surface area contributed by atoms with Crippen LogP contribution in [0.3, 0.4) is 0 Å². The fourth-order valence-corrected chi connectivity index (χ4v) is 2.72. The Morgan fingerprint density at radius 1 is 1.08 bits per heavy atom. The normalized spacial score (nSPS) is 10.4. The largest absolute Gasteiger partial charge is 0.397 e. The number of amides is 1. The molecule has 0 unspecified atom stereocenters. The smallest absolute Gasteiger partial charge is 0.255 e. The number of aromatic nitrogens is 1. The van der Waals surface area contributed by atoms with E-state index in [0.717, 1.165) is 16.0 Å². The first-order chi connectivity index (χ1) is 11.7. The first-order valence-corrected chi connectivity index (χ1v) is 8.65. The number of thioether (sulfide) groups is 1. The Labute approximate surface area is 145 Å². The van der Waals surface area contributed by atoms with Crippen molar-refractivity contribution in [1.29, 1.82) is 0 Å². The molecule has 1 amide bonds. The Bertz CT molecular complexity index is 848. The summed E-state index contributed by atoms with van der Waals surface area (Å²) >= 11 is 1.64. The Hall–Kier alpha value is -2.79. The number of hydrogen-bond donors (Lipinski definition) is 2. The monoisotopic (exact) mass is 335 g/mol. The predicted octanol–water partition coefficient (Wildman–Crippen LogP) is 4.31. The predicted molar refractivity (Wildman–Crippen MR) is 100 cm³/mol. The van der Waals surface area contributed by atoms with Crippen LogP contribution < -0.4 is 11.1 Å². The molecule has 120 valence electrons. The van der Waals surface area contributed by atoms with Gasteiger partial charge in [-0.05, 0) is 54.3 Å². The number of hydrogen-bond acceptors (Lipinski definition) is 4. The van der Waals surface area contributed by atoms with Gasteiger partial charge in [-0.2, -0.15) is 0 Å². The van der Waals surface area contributed by atoms with Crippen molar-refractivity contribution in [3.8, 4) is 11.1 Å². The van der Waals surface area contributed by atoms with Crippen LogP contribution in [-0.4, -0.2) is 17.1 Å². The number of rotatable bonds is 4. The molecule has 3 rings (SSSR count). The number of pyridine rings is 1. The summed E-state index contributed by atoms with van der Waals surface area (Å²) in [5.74, 6) is -0.183. The highest BCUT2D eigenvalue weighted by Gasteiger charge is 2.09. The maximum atomic E-state index is 12.4. The van der Waals surface area contributed by atoms with Crippen molar-refractivity contribution in [2.45, 2.75) is 4.90 Å². The second-order valence-corrected chi connectivity index (χ2v) is 6.11. The lowest BCUT2D eigenvalue weighted by molar-refractivity contribution is 0.102. The van der Waals surface area contributed by atoms with E-state index >= 15 is 0 Å². The maximum Gasteiger partial charge on any atom is 0.255 e. The van der Waals surface area contributed by atoms with E-state index in [-0.39, 0.29) is 5.91 Å². The highest BCUT2D eigenvalue weighted by Crippen LogP contribution is 2.27. The molecule has 0 radical (unpaired) electrons. The zero-order valence-corrected chi connectivity index (χ0v) is 14.0. The molecule has 0 fully saturated rings. The molecule has 0 spiro atoms. The summed E-state index contributed by atoms with van der Waals surface area (Å²) in [4.78, 5) is 17.7. The number of nitrogen functional groups attached to an aromatic ring is 1. The minimum absolute atomic E-state index is 0.183. The van der Waals surface area contributed by atoms with Crippen molar-refractivity contribution in [2.24, 2.45) is 0 Å². The number of carbonyl (C=O) groups excluding carboxylic acids is 1. The summed E-state index contributed by atoms with van der Waals surface area (Å²) in [5.41, 5.74) is 9.64. The minimum atomic E-state index is -0.183. The molecule has 0 aliphatic rings. The molecule has 5 heteroatoms. The standard InChI is InChI=1S/C19H17N3OS/c1-24-16-7-4-13(5-8-16)19(23)22-18-11-14(6-9-17(18)20)15-3-2-10-21-12-15/h2-12H,20H2,1H3,(H,22,23). The summed E-state index contributed by atoms with van der Waals surface area (Å²) in [6.07, 6.45) is 5.50. The summed E-state index contributed by atoms with van der Waals surface area (Å²) in [5, 5.41) is 2.88. The molecule has 3 N–H and O–H groups in total. The maximum absolute atomic E-state index is 12.4. The topological polar surface area (TPSA) is 68.0 Å². The lowest BCUT2D eigenvalue weighted by Gasteiger charge is -2.11. The molecule has 0 aliphatic heterocycles. The molecule has 4 nitrogen and oxygen atoms in total. The summed E-state index contributed by atoms with van der Waals surface area (Å²) in [6, 6.07) is 16.9. The minimum Gasteiger partial charge on any atom is -0.397 e. The van der Waals surface area contributed by atoms with E-state index in [1.165, 1.54) is 0 Å². The third-order valence-electron chi connectivity index (χ3n) is 3.65. The number of nitrogens with zero attached hydrogens (tertiary/aromatic N) is 1. The van der Waals surface area contributed by atoms with Gasteiger partial charge in [0.25, 0.3) is 5.91 Å². The van der Waals surface area contributed by atoms with Gasteiger partial charge in [-0.25, -0.2) is 0 Å². The van der Waals surface area contributed by atoms with Gasteiger partial charge in [0.05, 0.1) is 11.4 Å². The highest BCUT2D eigenvalue weighted by atomic mass is 32.2. The number of anilines is 2. The SMILES string of the molecule is CSc1ccc(C(=O)Nc2cc(-c3cccnc3)ccc2N)cc1. The van der Waals surface area contributed by atoms with E-state index in [0.29, 0.717) is 16.9 Å². The molecule has 2 aromatic carbocycles. The lowest BCUT2D eigenvalue weighted by atomic mass is 10.1. The third kappa shape index (κ3) is 3.58. The Morgan fingerprint density at radius 2 is 1.88 bits per heavy atom. The molecule has 0 saturated heterocycles. The van der Waals surface area contributed by atoms with Gasteiger partial charge in [0.15, 0.2) is 0 Å². The van der Waals surface area contributed by atoms with Gasteiger partial charge in [-0.15, -0.1) is 11.8 Å². The number of nitrogens with two attached hydrogens (primary N) is 1. The van der Waals surface area contributed by atoms with Crippen LogP contribution in [0.1, 0.15) is 10.4 Å². The van der Waals surface area contributed by atoms with Crippen molar-refractivity contribution in [1.82, 2.24) is 4.98 Å². The lowest BCUT2D eigenvalue weighted by Crippen LogP contribution is -2.13. The molecule has 0 atom stereocenters. The quantitative estimate of drug-likeness (QED) is 0.551. The third-order valence-corrected chi connectivity index (χ3v) is 4.39. The molecular formula is C19H17N3OS. The Balaban J connectivity index is 1.85. The van der Waals surface area contributed by atoms with Crippen molar-refractivity contribution < 1.29 is 4.79 Å². The van der Waals surface area contributed by atoms with Crippen molar-refractivity contribution in [3.05, 3.63) is 72.6 Å². The van der Waals surface area contributed by atoms with E-state index in [2.05, 4.69) is 10.3 Å². The molecule has 1 heterocycles. The average molecular weight is 335 g/mol. The molecule has 0 saturated carbocycles. The second-order valence-electron chi connectivity index (χ2n) is 5.23. The first-order valence-electron chi connectivity index (χ1n) is 7.42. The van der Waals surface area contributed by atoms with Crippen LogP contribution in [0.25, 0.3) is 11.1 Å². The van der Waals surface area contributed by atoms with Gasteiger partial charge in [0, 0.05) is 28.4 Å². The van der Waals surface area contributed by atoms with E-state index in [1.54, 1.807) is 30.2 Å². The summed E-state index contributed by atoms with van der Waals surface area (Å²) in [7, 11) is 0. The van der Waals surface area contributed by atoms with Crippen LogP contribution in [0.15, 0.2) is 71.9 Å². The molecule has 0 aliphatic carbocycles. The van der Waals surface area contributed by atoms with Gasteiger partial charge in [0.1, 0.15) is 0 Å². The van der Waals surface area contributed by atoms with Crippen molar-refractivity contribution >= 4 is 29.0 Å². The molecule has 0 bridgehead atoms. The molecule has 1 aromatic heterocycles. The molecular weight excluding hydrogens is 318 g/mol. The number of carbonyl (C=O) groups is 1. The van der Waals surface area contributed by atoms with Gasteiger partial charge in [0.2, 0.25) is 0 Å². The number of nitrogens with one attached hydrogen (secondary N) is 1. The Morgan fingerprint density at radius 3 is 2.54 bits per heavy atom. The van der Waals surface area contributed by atoms with Gasteiger partial charge in [-0.3, -0.25) is 9.78 Å². The Kier molecular flexibility index (Phi) is 4.82.